The molecular weight excluding hydrogens is 278 g/mol. The summed E-state index contributed by atoms with van der Waals surface area (Å²) in [7, 11) is 0. The van der Waals surface area contributed by atoms with Crippen LogP contribution in [0.3, 0.4) is 0 Å². The van der Waals surface area contributed by atoms with Crippen LogP contribution in [0.25, 0.3) is 5.70 Å². The smallest absolute Gasteiger partial charge is 0.0558 e. The minimum Gasteiger partial charge on any atom is -0.341 e. The minimum atomic E-state index is 0.0764. The van der Waals surface area contributed by atoms with Crippen molar-refractivity contribution in [3.05, 3.63) is 54.2 Å². The molecular formula is C22H33N. The number of benzene rings is 1. The van der Waals surface area contributed by atoms with Crippen LogP contribution in [0.15, 0.2) is 43.1 Å². The highest BCUT2D eigenvalue weighted by molar-refractivity contribution is 5.68. The van der Waals surface area contributed by atoms with Crippen molar-refractivity contribution in [2.45, 2.75) is 66.3 Å². The highest BCUT2D eigenvalue weighted by Gasteiger charge is 2.37. The van der Waals surface area contributed by atoms with Gasteiger partial charge >= 0.3 is 0 Å². The maximum atomic E-state index is 4.44. The van der Waals surface area contributed by atoms with Gasteiger partial charge in [0.15, 0.2) is 0 Å². The Morgan fingerprint density at radius 1 is 1.17 bits per heavy atom. The first-order chi connectivity index (χ1) is 10.6. The average Bonchev–Trinajstić information content (AvgIpc) is 2.44. The lowest BCUT2D eigenvalue weighted by molar-refractivity contribution is 0.224. The van der Waals surface area contributed by atoms with E-state index in [1.165, 1.54) is 17.5 Å². The quantitative estimate of drug-likeness (QED) is 0.623. The number of nitrogens with zero attached hydrogens (tertiary/aromatic N) is 1. The normalized spacial score (nSPS) is 19.4. The topological polar surface area (TPSA) is 3.24 Å². The van der Waals surface area contributed by atoms with Crippen LogP contribution in [0.4, 0.5) is 0 Å². The molecule has 23 heavy (non-hydrogen) atoms. The van der Waals surface area contributed by atoms with E-state index in [4.69, 9.17) is 0 Å². The summed E-state index contributed by atoms with van der Waals surface area (Å²) in [6.07, 6.45) is 5.67. The van der Waals surface area contributed by atoms with Gasteiger partial charge < -0.3 is 4.90 Å². The lowest BCUT2D eigenvalue weighted by Crippen LogP contribution is -2.40. The molecule has 1 aromatic rings. The van der Waals surface area contributed by atoms with Crippen LogP contribution in [0.1, 0.15) is 66.0 Å². The van der Waals surface area contributed by atoms with Gasteiger partial charge in [0.2, 0.25) is 0 Å². The molecule has 1 aromatic carbocycles. The predicted octanol–water partition coefficient (Wildman–Crippen LogP) is 6.23. The third kappa shape index (κ3) is 3.11. The first-order valence-corrected chi connectivity index (χ1v) is 8.86. The first-order valence-electron chi connectivity index (χ1n) is 8.86. The van der Waals surface area contributed by atoms with Crippen LogP contribution in [0, 0.1) is 11.3 Å². The summed E-state index contributed by atoms with van der Waals surface area (Å²) in [5, 5.41) is 0. The fraction of sp³-hybridized carbons (Fsp3) is 0.545. The molecule has 0 radical (unpaired) electrons. The van der Waals surface area contributed by atoms with Gasteiger partial charge in [-0.25, -0.2) is 0 Å². The largest absolute Gasteiger partial charge is 0.341 e. The van der Waals surface area contributed by atoms with Gasteiger partial charge in [0.25, 0.3) is 0 Å². The van der Waals surface area contributed by atoms with Crippen molar-refractivity contribution in [2.24, 2.45) is 11.3 Å². The Morgan fingerprint density at radius 3 is 2.26 bits per heavy atom. The summed E-state index contributed by atoms with van der Waals surface area (Å²) in [6, 6.07) is 9.26. The van der Waals surface area contributed by atoms with Gasteiger partial charge in [-0.3, -0.25) is 0 Å². The van der Waals surface area contributed by atoms with E-state index in [2.05, 4.69) is 96.5 Å². The molecule has 0 N–H and O–H groups in total. The molecule has 1 nitrogen and oxygen atoms in total. The van der Waals surface area contributed by atoms with Gasteiger partial charge in [0.05, 0.1) is 6.04 Å². The Bertz CT molecular complexity index is 601. The second kappa shape index (κ2) is 6.19. The van der Waals surface area contributed by atoms with E-state index in [0.717, 1.165) is 5.70 Å². The summed E-state index contributed by atoms with van der Waals surface area (Å²) >= 11 is 0. The monoisotopic (exact) mass is 311 g/mol. The number of rotatable bonds is 5. The molecule has 1 heteroatoms. The SMILES string of the molecule is C=C(c1ccccc1C(C)(C)C(C)(C)C)N1C=CC1C(C)CC. The highest BCUT2D eigenvalue weighted by Crippen LogP contribution is 2.44. The zero-order valence-corrected chi connectivity index (χ0v) is 16.0. The zero-order valence-electron chi connectivity index (χ0n) is 16.0. The lowest BCUT2D eigenvalue weighted by atomic mass is 9.64. The second-order valence-electron chi connectivity index (χ2n) is 8.49. The zero-order chi connectivity index (χ0) is 17.4. The van der Waals surface area contributed by atoms with Crippen molar-refractivity contribution < 1.29 is 0 Å². The van der Waals surface area contributed by atoms with E-state index in [9.17, 15) is 0 Å². The Kier molecular flexibility index (Phi) is 4.80. The molecule has 0 saturated carbocycles. The third-order valence-electron chi connectivity index (χ3n) is 6.09. The molecule has 1 aliphatic heterocycles. The first kappa shape index (κ1) is 17.8. The second-order valence-corrected chi connectivity index (χ2v) is 8.49. The van der Waals surface area contributed by atoms with Gasteiger partial charge in [-0.2, -0.15) is 0 Å². The summed E-state index contributed by atoms with van der Waals surface area (Å²) in [5.41, 5.74) is 4.06. The Morgan fingerprint density at radius 2 is 1.78 bits per heavy atom. The van der Waals surface area contributed by atoms with Crippen molar-refractivity contribution in [1.29, 1.82) is 0 Å². The van der Waals surface area contributed by atoms with Crippen molar-refractivity contribution in [2.75, 3.05) is 0 Å². The van der Waals surface area contributed by atoms with E-state index in [1.807, 2.05) is 0 Å². The fourth-order valence-corrected chi connectivity index (χ4v) is 3.07. The van der Waals surface area contributed by atoms with E-state index in [-0.39, 0.29) is 10.8 Å². The summed E-state index contributed by atoms with van der Waals surface area (Å²) in [6.45, 7) is 20.7. The molecule has 1 heterocycles. The van der Waals surface area contributed by atoms with E-state index in [1.54, 1.807) is 0 Å². The Hall–Kier alpha value is -1.50. The van der Waals surface area contributed by atoms with Gasteiger partial charge in [-0.15, -0.1) is 0 Å². The van der Waals surface area contributed by atoms with Crippen LogP contribution in [0.2, 0.25) is 0 Å². The van der Waals surface area contributed by atoms with Crippen LogP contribution in [0.5, 0.6) is 0 Å². The molecule has 126 valence electrons. The molecule has 0 aromatic heterocycles. The molecule has 2 rings (SSSR count). The van der Waals surface area contributed by atoms with Crippen LogP contribution >= 0.6 is 0 Å². The molecule has 0 aliphatic carbocycles. The van der Waals surface area contributed by atoms with Crippen LogP contribution in [-0.4, -0.2) is 10.9 Å². The van der Waals surface area contributed by atoms with Crippen LogP contribution < -0.4 is 0 Å². The van der Waals surface area contributed by atoms with Gasteiger partial charge in [-0.1, -0.05) is 85.7 Å². The fourth-order valence-electron chi connectivity index (χ4n) is 3.07. The summed E-state index contributed by atoms with van der Waals surface area (Å²) in [4.78, 5) is 2.35. The minimum absolute atomic E-state index is 0.0764. The molecule has 2 unspecified atom stereocenters. The number of hydrogen-bond acceptors (Lipinski definition) is 1. The number of hydrogen-bond donors (Lipinski definition) is 0. The molecule has 0 saturated heterocycles. The Balaban J connectivity index is 2.39. The molecule has 1 aliphatic rings. The van der Waals surface area contributed by atoms with Crippen molar-refractivity contribution in [3.8, 4) is 0 Å². The van der Waals surface area contributed by atoms with Crippen molar-refractivity contribution in [1.82, 2.24) is 4.90 Å². The summed E-state index contributed by atoms with van der Waals surface area (Å²) < 4.78 is 0. The predicted molar refractivity (Wildman–Crippen MR) is 102 cm³/mol. The highest BCUT2D eigenvalue weighted by atomic mass is 15.2. The van der Waals surface area contributed by atoms with E-state index in [0.29, 0.717) is 12.0 Å². The van der Waals surface area contributed by atoms with Crippen LogP contribution in [-0.2, 0) is 5.41 Å². The average molecular weight is 312 g/mol. The Labute approximate surface area is 143 Å². The van der Waals surface area contributed by atoms with E-state index >= 15 is 0 Å². The standard InChI is InChI=1S/C22H33N/c1-9-16(2)20-14-15-23(20)17(3)18-12-10-11-13-19(18)22(7,8)21(4,5)6/h10-16,20H,3,9H2,1-2,4-8H3. The van der Waals surface area contributed by atoms with Gasteiger partial charge in [0, 0.05) is 17.5 Å². The molecule has 0 fully saturated rings. The molecule has 0 amide bonds. The molecule has 2 atom stereocenters. The van der Waals surface area contributed by atoms with Gasteiger partial charge in [-0.05, 0) is 28.4 Å². The summed E-state index contributed by atoms with van der Waals surface area (Å²) in [5.74, 6) is 0.652. The van der Waals surface area contributed by atoms with Crippen molar-refractivity contribution >= 4 is 5.70 Å². The maximum absolute atomic E-state index is 4.44. The maximum Gasteiger partial charge on any atom is 0.0558 e. The van der Waals surface area contributed by atoms with Crippen molar-refractivity contribution in [3.63, 3.8) is 0 Å². The molecule has 0 bridgehead atoms. The third-order valence-corrected chi connectivity index (χ3v) is 6.09. The molecule has 0 spiro atoms. The van der Waals surface area contributed by atoms with Gasteiger partial charge in [0.1, 0.15) is 0 Å². The van der Waals surface area contributed by atoms with E-state index < -0.39 is 0 Å². The lowest BCUT2D eigenvalue weighted by Gasteiger charge is -2.44.